The van der Waals surface area contributed by atoms with E-state index in [-0.39, 0.29) is 29.7 Å². The summed E-state index contributed by atoms with van der Waals surface area (Å²) in [5, 5.41) is 12.2. The van der Waals surface area contributed by atoms with Crippen molar-refractivity contribution >= 4 is 11.9 Å². The van der Waals surface area contributed by atoms with E-state index in [1.807, 2.05) is 0 Å². The van der Waals surface area contributed by atoms with Gasteiger partial charge in [0.15, 0.2) is 0 Å². The topological polar surface area (TPSA) is 69.6 Å². The van der Waals surface area contributed by atoms with Gasteiger partial charge in [0.2, 0.25) is 5.91 Å². The molecule has 6 heteroatoms. The lowest BCUT2D eigenvalue weighted by molar-refractivity contribution is -0.142. The van der Waals surface area contributed by atoms with Gasteiger partial charge in [0.05, 0.1) is 12.0 Å². The first-order chi connectivity index (χ1) is 12.0. The molecule has 136 valence electrons. The summed E-state index contributed by atoms with van der Waals surface area (Å²) in [5.41, 5.74) is 1.00. The molecule has 0 unspecified atom stereocenters. The van der Waals surface area contributed by atoms with Gasteiger partial charge in [-0.1, -0.05) is 12.1 Å². The Labute approximate surface area is 147 Å². The Bertz CT molecular complexity index is 612. The predicted molar refractivity (Wildman–Crippen MR) is 91.4 cm³/mol. The Morgan fingerprint density at radius 1 is 1.12 bits per heavy atom. The van der Waals surface area contributed by atoms with E-state index in [0.717, 1.165) is 37.8 Å². The number of carboxylic acid groups (broad SMARTS) is 1. The average Bonchev–Trinajstić information content (AvgIpc) is 3.05. The summed E-state index contributed by atoms with van der Waals surface area (Å²) in [6, 6.07) is 6.34. The highest BCUT2D eigenvalue weighted by Crippen LogP contribution is 2.26. The normalized spacial score (nSPS) is 27.2. The highest BCUT2D eigenvalue weighted by atomic mass is 19.1. The first-order valence-electron chi connectivity index (χ1n) is 9.04. The summed E-state index contributed by atoms with van der Waals surface area (Å²) in [4.78, 5) is 25.8. The van der Waals surface area contributed by atoms with Crippen LogP contribution in [0.2, 0.25) is 0 Å². The van der Waals surface area contributed by atoms with Crippen molar-refractivity contribution in [2.24, 2.45) is 5.92 Å². The van der Waals surface area contributed by atoms with Crippen molar-refractivity contribution in [1.82, 2.24) is 10.2 Å². The van der Waals surface area contributed by atoms with Gasteiger partial charge in [-0.25, -0.2) is 4.39 Å². The van der Waals surface area contributed by atoms with Crippen molar-refractivity contribution in [3.63, 3.8) is 0 Å². The molecule has 3 rings (SSSR count). The number of aliphatic carboxylic acids is 1. The van der Waals surface area contributed by atoms with Crippen molar-refractivity contribution in [3.05, 3.63) is 35.6 Å². The first kappa shape index (κ1) is 17.9. The fraction of sp³-hybridized carbons (Fsp3) is 0.579. The fourth-order valence-electron chi connectivity index (χ4n) is 3.92. The van der Waals surface area contributed by atoms with E-state index in [1.54, 1.807) is 12.1 Å². The number of rotatable bonds is 5. The maximum Gasteiger partial charge on any atom is 0.306 e. The maximum atomic E-state index is 13.0. The molecule has 25 heavy (non-hydrogen) atoms. The summed E-state index contributed by atoms with van der Waals surface area (Å²) in [7, 11) is 0. The molecule has 1 aromatic carbocycles. The standard InChI is InChI=1S/C19H25FN2O3/c20-15-7-3-13(4-8-15)12-22-11-1-2-17(22)18(23)21-16-9-5-14(6-10-16)19(24)25/h3-4,7-8,14,16-17H,1-2,5-6,9-12H2,(H,21,23)(H,24,25)/t14?,16?,17-/m1/s1. The fourth-order valence-corrected chi connectivity index (χ4v) is 3.92. The summed E-state index contributed by atoms with van der Waals surface area (Å²) >= 11 is 0. The molecule has 0 aromatic heterocycles. The lowest BCUT2D eigenvalue weighted by atomic mass is 9.86. The summed E-state index contributed by atoms with van der Waals surface area (Å²) < 4.78 is 13.0. The van der Waals surface area contributed by atoms with Gasteiger partial charge in [-0.15, -0.1) is 0 Å². The molecule has 1 heterocycles. The smallest absolute Gasteiger partial charge is 0.306 e. The summed E-state index contributed by atoms with van der Waals surface area (Å²) in [6.45, 7) is 1.51. The molecule has 2 N–H and O–H groups in total. The van der Waals surface area contributed by atoms with E-state index >= 15 is 0 Å². The largest absolute Gasteiger partial charge is 0.481 e. The maximum absolute atomic E-state index is 13.0. The molecule has 2 fully saturated rings. The number of carbonyl (C=O) groups excluding carboxylic acids is 1. The molecule has 1 amide bonds. The SMILES string of the molecule is O=C(O)C1CCC(NC(=O)[C@H]2CCCN2Cc2ccc(F)cc2)CC1. The van der Waals surface area contributed by atoms with Crippen LogP contribution in [0.5, 0.6) is 0 Å². The second-order valence-electron chi connectivity index (χ2n) is 7.15. The van der Waals surface area contributed by atoms with E-state index in [1.165, 1.54) is 12.1 Å². The van der Waals surface area contributed by atoms with Gasteiger partial charge in [-0.3, -0.25) is 14.5 Å². The molecule has 1 saturated heterocycles. The van der Waals surface area contributed by atoms with Crippen LogP contribution in [0.25, 0.3) is 0 Å². The molecule has 0 bridgehead atoms. The van der Waals surface area contributed by atoms with Crippen molar-refractivity contribution < 1.29 is 19.1 Å². The number of carboxylic acids is 1. The Balaban J connectivity index is 1.52. The van der Waals surface area contributed by atoms with Crippen LogP contribution in [0.4, 0.5) is 4.39 Å². The number of hydrogen-bond acceptors (Lipinski definition) is 3. The van der Waals surface area contributed by atoms with E-state index < -0.39 is 5.97 Å². The van der Waals surface area contributed by atoms with E-state index in [2.05, 4.69) is 10.2 Å². The highest BCUT2D eigenvalue weighted by Gasteiger charge is 2.33. The van der Waals surface area contributed by atoms with Crippen LogP contribution in [0, 0.1) is 11.7 Å². The van der Waals surface area contributed by atoms with Gasteiger partial charge in [0.1, 0.15) is 5.82 Å². The lowest BCUT2D eigenvalue weighted by Gasteiger charge is -2.30. The van der Waals surface area contributed by atoms with Gasteiger partial charge < -0.3 is 10.4 Å². The third-order valence-electron chi connectivity index (χ3n) is 5.39. The number of halogens is 1. The third-order valence-corrected chi connectivity index (χ3v) is 5.39. The molecule has 2 aliphatic rings. The minimum absolute atomic E-state index is 0.0402. The van der Waals surface area contributed by atoms with Crippen LogP contribution >= 0.6 is 0 Å². The van der Waals surface area contributed by atoms with Gasteiger partial charge in [0.25, 0.3) is 0 Å². The number of amides is 1. The van der Waals surface area contributed by atoms with Crippen LogP contribution in [0.15, 0.2) is 24.3 Å². The van der Waals surface area contributed by atoms with Crippen molar-refractivity contribution in [3.8, 4) is 0 Å². The third kappa shape index (κ3) is 4.57. The van der Waals surface area contributed by atoms with Crippen molar-refractivity contribution in [1.29, 1.82) is 0 Å². The zero-order chi connectivity index (χ0) is 17.8. The molecule has 0 spiro atoms. The molecular formula is C19H25FN2O3. The molecule has 5 nitrogen and oxygen atoms in total. The predicted octanol–water partition coefficient (Wildman–Crippen LogP) is 2.55. The van der Waals surface area contributed by atoms with Gasteiger partial charge in [0, 0.05) is 12.6 Å². The van der Waals surface area contributed by atoms with Crippen molar-refractivity contribution in [2.45, 2.75) is 57.2 Å². The molecule has 1 aromatic rings. The lowest BCUT2D eigenvalue weighted by Crippen LogP contribution is -2.47. The molecule has 1 saturated carbocycles. The molecular weight excluding hydrogens is 323 g/mol. The van der Waals surface area contributed by atoms with E-state index in [0.29, 0.717) is 19.4 Å². The summed E-state index contributed by atoms with van der Waals surface area (Å²) in [5.74, 6) is -1.21. The van der Waals surface area contributed by atoms with Crippen LogP contribution in [0.3, 0.4) is 0 Å². The Hall–Kier alpha value is -1.95. The monoisotopic (exact) mass is 348 g/mol. The molecule has 1 aliphatic heterocycles. The Kier molecular flexibility index (Phi) is 5.68. The molecule has 0 radical (unpaired) electrons. The van der Waals surface area contributed by atoms with Crippen LogP contribution in [0.1, 0.15) is 44.1 Å². The number of nitrogens with zero attached hydrogens (tertiary/aromatic N) is 1. The van der Waals surface area contributed by atoms with E-state index in [4.69, 9.17) is 5.11 Å². The quantitative estimate of drug-likeness (QED) is 0.858. The molecule has 1 aliphatic carbocycles. The van der Waals surface area contributed by atoms with Crippen molar-refractivity contribution in [2.75, 3.05) is 6.54 Å². The highest BCUT2D eigenvalue weighted by molar-refractivity contribution is 5.82. The zero-order valence-corrected chi connectivity index (χ0v) is 14.3. The minimum atomic E-state index is -0.731. The Morgan fingerprint density at radius 2 is 1.80 bits per heavy atom. The number of carbonyl (C=O) groups is 2. The number of benzene rings is 1. The van der Waals surface area contributed by atoms with Gasteiger partial charge in [-0.2, -0.15) is 0 Å². The summed E-state index contributed by atoms with van der Waals surface area (Å²) in [6.07, 6.45) is 4.53. The Morgan fingerprint density at radius 3 is 2.44 bits per heavy atom. The minimum Gasteiger partial charge on any atom is -0.481 e. The molecule has 1 atom stereocenters. The second kappa shape index (κ2) is 7.95. The average molecular weight is 348 g/mol. The number of likely N-dealkylation sites (tertiary alicyclic amines) is 1. The van der Waals surface area contributed by atoms with Gasteiger partial charge in [-0.05, 0) is 62.8 Å². The van der Waals surface area contributed by atoms with Crippen LogP contribution in [-0.2, 0) is 16.1 Å². The number of nitrogens with one attached hydrogen (secondary N) is 1. The second-order valence-corrected chi connectivity index (χ2v) is 7.15. The first-order valence-corrected chi connectivity index (χ1v) is 9.04. The van der Waals surface area contributed by atoms with Gasteiger partial charge >= 0.3 is 5.97 Å². The van der Waals surface area contributed by atoms with E-state index in [9.17, 15) is 14.0 Å². The van der Waals surface area contributed by atoms with Crippen LogP contribution in [-0.4, -0.2) is 40.5 Å². The zero-order valence-electron chi connectivity index (χ0n) is 14.3. The number of hydrogen-bond donors (Lipinski definition) is 2. The van der Waals surface area contributed by atoms with Crippen LogP contribution < -0.4 is 5.32 Å².